The maximum absolute atomic E-state index is 14.1. The number of halogens is 2. The van der Waals surface area contributed by atoms with Gasteiger partial charge in [0.25, 0.3) is 5.69 Å². The zero-order valence-corrected chi connectivity index (χ0v) is 18.7. The molecule has 12 heteroatoms. The third-order valence-electron chi connectivity index (χ3n) is 4.64. The first kappa shape index (κ1) is 22.9. The Kier molecular flexibility index (Phi) is 7.33. The van der Waals surface area contributed by atoms with Crippen molar-refractivity contribution in [1.29, 1.82) is 0 Å². The number of hydrogen-bond donors (Lipinski definition) is 1. The molecule has 33 heavy (non-hydrogen) atoms. The number of nitrogens with zero attached hydrogens (tertiary/aromatic N) is 5. The highest BCUT2D eigenvalue weighted by Crippen LogP contribution is 2.35. The first-order chi connectivity index (χ1) is 16.0. The van der Waals surface area contributed by atoms with E-state index in [9.17, 15) is 14.5 Å². The Hall–Kier alpha value is -3.28. The van der Waals surface area contributed by atoms with Gasteiger partial charge in [0.05, 0.1) is 35.4 Å². The van der Waals surface area contributed by atoms with E-state index in [1.165, 1.54) is 24.0 Å². The van der Waals surface area contributed by atoms with E-state index in [-0.39, 0.29) is 17.5 Å². The van der Waals surface area contributed by atoms with Crippen molar-refractivity contribution < 1.29 is 14.1 Å². The number of nitro benzene ring substituents is 1. The molecule has 1 aliphatic heterocycles. The fourth-order valence-electron chi connectivity index (χ4n) is 3.05. The minimum Gasteiger partial charge on any atom is -0.378 e. The van der Waals surface area contributed by atoms with E-state index >= 15 is 0 Å². The molecule has 0 atom stereocenters. The molecule has 3 aromatic rings. The summed E-state index contributed by atoms with van der Waals surface area (Å²) in [5.74, 6) is -0.250. The Labute approximate surface area is 197 Å². The Balaban J connectivity index is 1.47. The van der Waals surface area contributed by atoms with Gasteiger partial charge >= 0.3 is 0 Å². The lowest BCUT2D eigenvalue weighted by Gasteiger charge is -2.27. The minimum atomic E-state index is -0.532. The lowest BCUT2D eigenvalue weighted by atomic mass is 10.2. The zero-order chi connectivity index (χ0) is 23.2. The Bertz CT molecular complexity index is 1180. The largest absolute Gasteiger partial charge is 0.378 e. The monoisotopic (exact) mass is 488 g/mol. The van der Waals surface area contributed by atoms with Crippen molar-refractivity contribution in [1.82, 2.24) is 9.97 Å². The van der Waals surface area contributed by atoms with Crippen LogP contribution in [0.1, 0.15) is 5.56 Å². The summed E-state index contributed by atoms with van der Waals surface area (Å²) < 4.78 is 19.4. The lowest BCUT2D eigenvalue weighted by molar-refractivity contribution is -0.387. The Morgan fingerprint density at radius 1 is 1.24 bits per heavy atom. The maximum atomic E-state index is 14.1. The van der Waals surface area contributed by atoms with E-state index in [2.05, 4.69) is 20.5 Å². The first-order valence-electron chi connectivity index (χ1n) is 9.86. The van der Waals surface area contributed by atoms with Crippen molar-refractivity contribution in [2.45, 2.75) is 9.79 Å². The van der Waals surface area contributed by atoms with Crippen LogP contribution in [0, 0.1) is 15.9 Å². The summed E-state index contributed by atoms with van der Waals surface area (Å²) >= 11 is 7.16. The molecule has 2 heterocycles. The Morgan fingerprint density at radius 3 is 2.73 bits per heavy atom. The molecule has 2 aromatic carbocycles. The number of aromatic nitrogens is 2. The summed E-state index contributed by atoms with van der Waals surface area (Å²) in [7, 11) is 0. The second kappa shape index (κ2) is 10.6. The standard InChI is InChI=1S/C21H18ClFN6O3S/c22-15-2-4-16(5-3-15)33-19-6-1-14(11-18(19)29(30)31)12-25-27-21-24-13-17(23)20(26-21)28-7-9-32-10-8-28/h1-6,11-13H,7-10H2,(H,24,26,27). The topological polar surface area (TPSA) is 106 Å². The Morgan fingerprint density at radius 2 is 2.00 bits per heavy atom. The molecule has 0 radical (unpaired) electrons. The molecule has 170 valence electrons. The number of benzene rings is 2. The quantitative estimate of drug-likeness (QED) is 0.292. The molecule has 1 aromatic heterocycles. The van der Waals surface area contributed by atoms with Gasteiger partial charge in [-0.1, -0.05) is 29.4 Å². The molecule has 9 nitrogen and oxygen atoms in total. The lowest BCUT2D eigenvalue weighted by Crippen LogP contribution is -2.37. The van der Waals surface area contributed by atoms with Crippen LogP contribution in [-0.4, -0.2) is 47.4 Å². The molecule has 4 rings (SSSR count). The van der Waals surface area contributed by atoms with Gasteiger partial charge in [0, 0.05) is 34.6 Å². The molecular weight excluding hydrogens is 471 g/mol. The summed E-state index contributed by atoms with van der Waals surface area (Å²) in [6, 6.07) is 11.8. The molecule has 0 aliphatic carbocycles. The maximum Gasteiger partial charge on any atom is 0.283 e. The summed E-state index contributed by atoms with van der Waals surface area (Å²) in [5.41, 5.74) is 3.10. The second-order valence-electron chi connectivity index (χ2n) is 6.87. The molecule has 0 bridgehead atoms. The number of anilines is 2. The van der Waals surface area contributed by atoms with Crippen LogP contribution in [-0.2, 0) is 4.74 Å². The molecule has 0 amide bonds. The van der Waals surface area contributed by atoms with Crippen LogP contribution < -0.4 is 10.3 Å². The molecule has 1 N–H and O–H groups in total. The summed E-state index contributed by atoms with van der Waals surface area (Å²) in [4.78, 5) is 22.3. The molecule has 0 unspecified atom stereocenters. The number of morpholine rings is 1. The highest BCUT2D eigenvalue weighted by molar-refractivity contribution is 7.99. The second-order valence-corrected chi connectivity index (χ2v) is 8.43. The van der Waals surface area contributed by atoms with Gasteiger partial charge in [0.2, 0.25) is 5.95 Å². The summed E-state index contributed by atoms with van der Waals surface area (Å²) in [6.45, 7) is 2.05. The number of hydrogen-bond acceptors (Lipinski definition) is 9. The van der Waals surface area contributed by atoms with E-state index in [1.807, 2.05) is 0 Å². The van der Waals surface area contributed by atoms with E-state index in [0.717, 1.165) is 11.1 Å². The molecule has 1 saturated heterocycles. The van der Waals surface area contributed by atoms with Gasteiger partial charge in [0.1, 0.15) is 0 Å². The van der Waals surface area contributed by atoms with Crippen molar-refractivity contribution in [3.8, 4) is 0 Å². The smallest absolute Gasteiger partial charge is 0.283 e. The highest BCUT2D eigenvalue weighted by atomic mass is 35.5. The van der Waals surface area contributed by atoms with Crippen molar-refractivity contribution in [2.75, 3.05) is 36.6 Å². The fourth-order valence-corrected chi connectivity index (χ4v) is 4.07. The van der Waals surface area contributed by atoms with Gasteiger partial charge in [-0.15, -0.1) is 0 Å². The number of ether oxygens (including phenoxy) is 1. The molecule has 0 saturated carbocycles. The van der Waals surface area contributed by atoms with Crippen LogP contribution in [0.25, 0.3) is 0 Å². The number of rotatable bonds is 7. The number of hydrazone groups is 1. The first-order valence-corrected chi connectivity index (χ1v) is 11.1. The molecular formula is C21H18ClFN6O3S. The average Bonchev–Trinajstić information content (AvgIpc) is 2.83. The average molecular weight is 489 g/mol. The third kappa shape index (κ3) is 5.95. The number of nitrogens with one attached hydrogen (secondary N) is 1. The predicted octanol–water partition coefficient (Wildman–Crippen LogP) is 4.61. The van der Waals surface area contributed by atoms with E-state index < -0.39 is 10.7 Å². The van der Waals surface area contributed by atoms with Crippen molar-refractivity contribution in [3.63, 3.8) is 0 Å². The van der Waals surface area contributed by atoms with Crippen LogP contribution in [0.3, 0.4) is 0 Å². The van der Waals surface area contributed by atoms with Crippen LogP contribution in [0.15, 0.2) is 63.6 Å². The fraction of sp³-hybridized carbons (Fsp3) is 0.190. The van der Waals surface area contributed by atoms with Crippen LogP contribution in [0.2, 0.25) is 5.02 Å². The van der Waals surface area contributed by atoms with Gasteiger partial charge in [-0.3, -0.25) is 10.1 Å². The van der Waals surface area contributed by atoms with Gasteiger partial charge in [0.15, 0.2) is 11.6 Å². The normalized spacial score (nSPS) is 13.9. The van der Waals surface area contributed by atoms with Crippen LogP contribution >= 0.6 is 23.4 Å². The van der Waals surface area contributed by atoms with Crippen molar-refractivity contribution >= 4 is 47.0 Å². The molecule has 0 spiro atoms. The van der Waals surface area contributed by atoms with Crippen LogP contribution in [0.5, 0.6) is 0 Å². The van der Waals surface area contributed by atoms with E-state index in [4.69, 9.17) is 16.3 Å². The number of nitro groups is 1. The van der Waals surface area contributed by atoms with Gasteiger partial charge < -0.3 is 9.64 Å². The van der Waals surface area contributed by atoms with E-state index in [1.54, 1.807) is 41.3 Å². The SMILES string of the molecule is O=[N+]([O-])c1cc(C=NNc2ncc(F)c(N3CCOCC3)n2)ccc1Sc1ccc(Cl)cc1. The van der Waals surface area contributed by atoms with Crippen LogP contribution in [0.4, 0.5) is 21.8 Å². The predicted molar refractivity (Wildman–Crippen MR) is 125 cm³/mol. The summed E-state index contributed by atoms with van der Waals surface area (Å²) in [6.07, 6.45) is 2.48. The van der Waals surface area contributed by atoms with Crippen molar-refractivity contribution in [2.24, 2.45) is 5.10 Å². The zero-order valence-electron chi connectivity index (χ0n) is 17.1. The minimum absolute atomic E-state index is 0.0495. The van der Waals surface area contributed by atoms with E-state index in [0.29, 0.717) is 41.8 Å². The van der Waals surface area contributed by atoms with Crippen molar-refractivity contribution in [3.05, 3.63) is 75.2 Å². The molecule has 1 aliphatic rings. The third-order valence-corrected chi connectivity index (χ3v) is 5.96. The van der Waals surface area contributed by atoms with Gasteiger partial charge in [-0.05, 0) is 30.3 Å². The van der Waals surface area contributed by atoms with Gasteiger partial charge in [-0.25, -0.2) is 14.8 Å². The summed E-state index contributed by atoms with van der Waals surface area (Å²) in [5, 5.41) is 16.2. The van der Waals surface area contributed by atoms with Gasteiger partial charge in [-0.2, -0.15) is 10.1 Å². The molecule has 1 fully saturated rings. The highest BCUT2D eigenvalue weighted by Gasteiger charge is 2.18.